The molecule has 2 aliphatic rings. The predicted octanol–water partition coefficient (Wildman–Crippen LogP) is 1.69. The van der Waals surface area contributed by atoms with Gasteiger partial charge in [0.1, 0.15) is 0 Å². The summed E-state index contributed by atoms with van der Waals surface area (Å²) >= 11 is 0. The number of carbonyl (C=O) groups excluding carboxylic acids is 2. The molecule has 0 saturated carbocycles. The Hall–Kier alpha value is -2.74. The number of amides is 2. The van der Waals surface area contributed by atoms with Crippen LogP contribution >= 0.6 is 0 Å². The van der Waals surface area contributed by atoms with Gasteiger partial charge in [-0.3, -0.25) is 19.4 Å². The molecule has 170 valence electrons. The van der Waals surface area contributed by atoms with E-state index in [2.05, 4.69) is 33.3 Å². The molecule has 2 aromatic rings. The number of carbonyl (C=O) groups is 2. The molecule has 4 rings (SSSR count). The van der Waals surface area contributed by atoms with E-state index in [1.807, 2.05) is 41.3 Å². The zero-order chi connectivity index (χ0) is 22.2. The van der Waals surface area contributed by atoms with E-state index in [0.29, 0.717) is 39.4 Å². The fourth-order valence-electron chi connectivity index (χ4n) is 4.21. The summed E-state index contributed by atoms with van der Waals surface area (Å²) in [5, 5.41) is 3.10. The highest BCUT2D eigenvalue weighted by atomic mass is 16.5. The lowest BCUT2D eigenvalue weighted by Crippen LogP contribution is -2.52. The number of rotatable bonds is 7. The molecule has 7 nitrogen and oxygen atoms in total. The fraction of sp³-hybridized carbons (Fsp3) is 0.440. The van der Waals surface area contributed by atoms with Gasteiger partial charge in [0.2, 0.25) is 11.8 Å². The van der Waals surface area contributed by atoms with E-state index in [4.69, 9.17) is 4.74 Å². The maximum Gasteiger partial charge on any atom is 0.238 e. The molecule has 0 unspecified atom stereocenters. The average Bonchev–Trinajstić information content (AvgIpc) is 2.83. The van der Waals surface area contributed by atoms with E-state index in [0.717, 1.165) is 43.9 Å². The Morgan fingerprint density at radius 3 is 2.12 bits per heavy atom. The minimum absolute atomic E-state index is 0.00311. The van der Waals surface area contributed by atoms with Crippen LogP contribution < -0.4 is 5.32 Å². The lowest BCUT2D eigenvalue weighted by Gasteiger charge is -2.35. The molecule has 2 aliphatic heterocycles. The van der Waals surface area contributed by atoms with Crippen LogP contribution in [0.4, 0.5) is 5.69 Å². The highest BCUT2D eigenvalue weighted by molar-refractivity contribution is 5.93. The molecule has 0 aromatic heterocycles. The summed E-state index contributed by atoms with van der Waals surface area (Å²) in [6.07, 6.45) is 0.785. The van der Waals surface area contributed by atoms with Gasteiger partial charge in [-0.25, -0.2) is 0 Å². The molecule has 0 atom stereocenters. The third-order valence-electron chi connectivity index (χ3n) is 6.08. The van der Waals surface area contributed by atoms with E-state index in [1.54, 1.807) is 0 Å². The van der Waals surface area contributed by atoms with Crippen LogP contribution in [0.1, 0.15) is 11.1 Å². The van der Waals surface area contributed by atoms with Crippen LogP contribution in [-0.2, 0) is 20.7 Å². The smallest absolute Gasteiger partial charge is 0.238 e. The quantitative estimate of drug-likeness (QED) is 0.716. The minimum Gasteiger partial charge on any atom is -0.378 e. The molecule has 2 aromatic carbocycles. The van der Waals surface area contributed by atoms with E-state index < -0.39 is 0 Å². The summed E-state index contributed by atoms with van der Waals surface area (Å²) in [5.74, 6) is 0.179. The maximum atomic E-state index is 12.7. The lowest BCUT2D eigenvalue weighted by molar-refractivity contribution is -0.137. The molecule has 0 bridgehead atoms. The second-order valence-corrected chi connectivity index (χ2v) is 8.41. The summed E-state index contributed by atoms with van der Waals surface area (Å²) in [5.41, 5.74) is 3.20. The Kier molecular flexibility index (Phi) is 7.87. The zero-order valence-electron chi connectivity index (χ0n) is 18.5. The summed E-state index contributed by atoms with van der Waals surface area (Å²) in [7, 11) is 0. The number of morpholine rings is 1. The van der Waals surface area contributed by atoms with Gasteiger partial charge in [0.25, 0.3) is 0 Å². The van der Waals surface area contributed by atoms with E-state index in [9.17, 15) is 9.59 Å². The van der Waals surface area contributed by atoms with Crippen molar-refractivity contribution in [1.82, 2.24) is 14.7 Å². The summed E-state index contributed by atoms with van der Waals surface area (Å²) in [6, 6.07) is 18.3. The normalized spacial score (nSPS) is 17.8. The molecular weight excluding hydrogens is 404 g/mol. The summed E-state index contributed by atoms with van der Waals surface area (Å²) < 4.78 is 5.32. The first-order chi connectivity index (χ1) is 15.7. The Balaban J connectivity index is 1.23. The molecule has 0 aliphatic carbocycles. The molecule has 1 N–H and O–H groups in total. The SMILES string of the molecule is O=C(CN1CCN(CC(=O)N2CCOCC2)CC1)Nc1ccccc1Cc1ccccc1. The number of hydrogen-bond acceptors (Lipinski definition) is 5. The monoisotopic (exact) mass is 436 g/mol. The van der Waals surface area contributed by atoms with Crippen LogP contribution in [0.3, 0.4) is 0 Å². The topological polar surface area (TPSA) is 65.1 Å². The number of anilines is 1. The van der Waals surface area contributed by atoms with Crippen LogP contribution in [0.15, 0.2) is 54.6 Å². The van der Waals surface area contributed by atoms with Crippen molar-refractivity contribution in [2.45, 2.75) is 6.42 Å². The van der Waals surface area contributed by atoms with Crippen LogP contribution in [0.25, 0.3) is 0 Å². The van der Waals surface area contributed by atoms with Crippen molar-refractivity contribution < 1.29 is 14.3 Å². The van der Waals surface area contributed by atoms with Crippen molar-refractivity contribution in [2.75, 3.05) is 70.9 Å². The van der Waals surface area contributed by atoms with Gasteiger partial charge in [0, 0.05) is 45.0 Å². The van der Waals surface area contributed by atoms with Crippen LogP contribution in [-0.4, -0.2) is 92.1 Å². The molecule has 0 spiro atoms. The molecule has 0 radical (unpaired) electrons. The van der Waals surface area contributed by atoms with Gasteiger partial charge in [-0.1, -0.05) is 48.5 Å². The summed E-state index contributed by atoms with van der Waals surface area (Å²) in [4.78, 5) is 31.4. The molecule has 2 amide bonds. The molecule has 7 heteroatoms. The first-order valence-corrected chi connectivity index (χ1v) is 11.4. The van der Waals surface area contributed by atoms with Gasteiger partial charge < -0.3 is 15.0 Å². The molecule has 32 heavy (non-hydrogen) atoms. The first-order valence-electron chi connectivity index (χ1n) is 11.4. The first kappa shape index (κ1) is 22.5. The third-order valence-corrected chi connectivity index (χ3v) is 6.08. The zero-order valence-corrected chi connectivity index (χ0v) is 18.5. The van der Waals surface area contributed by atoms with E-state index in [1.165, 1.54) is 5.56 Å². The highest BCUT2D eigenvalue weighted by Crippen LogP contribution is 2.19. The van der Waals surface area contributed by atoms with Crippen molar-refractivity contribution in [3.05, 3.63) is 65.7 Å². The summed E-state index contributed by atoms with van der Waals surface area (Å²) in [6.45, 7) is 6.62. The Morgan fingerprint density at radius 1 is 0.781 bits per heavy atom. The number of piperazine rings is 1. The second kappa shape index (κ2) is 11.2. The highest BCUT2D eigenvalue weighted by Gasteiger charge is 2.24. The Labute approximate surface area is 189 Å². The predicted molar refractivity (Wildman–Crippen MR) is 125 cm³/mol. The van der Waals surface area contributed by atoms with Crippen molar-refractivity contribution in [3.8, 4) is 0 Å². The fourth-order valence-corrected chi connectivity index (χ4v) is 4.21. The van der Waals surface area contributed by atoms with Gasteiger partial charge in [-0.15, -0.1) is 0 Å². The second-order valence-electron chi connectivity index (χ2n) is 8.41. The van der Waals surface area contributed by atoms with Gasteiger partial charge in [-0.2, -0.15) is 0 Å². The number of nitrogens with zero attached hydrogens (tertiary/aromatic N) is 3. The Morgan fingerprint density at radius 2 is 1.41 bits per heavy atom. The number of hydrogen-bond donors (Lipinski definition) is 1. The van der Waals surface area contributed by atoms with E-state index >= 15 is 0 Å². The van der Waals surface area contributed by atoms with Crippen molar-refractivity contribution in [3.63, 3.8) is 0 Å². The maximum absolute atomic E-state index is 12.7. The number of para-hydroxylation sites is 1. The molecule has 2 heterocycles. The number of ether oxygens (including phenoxy) is 1. The average molecular weight is 437 g/mol. The third kappa shape index (κ3) is 6.38. The van der Waals surface area contributed by atoms with Crippen LogP contribution in [0.2, 0.25) is 0 Å². The molecule has 2 fully saturated rings. The largest absolute Gasteiger partial charge is 0.378 e. The van der Waals surface area contributed by atoms with Gasteiger partial charge in [-0.05, 0) is 23.6 Å². The van der Waals surface area contributed by atoms with Crippen molar-refractivity contribution in [2.24, 2.45) is 0 Å². The van der Waals surface area contributed by atoms with Crippen LogP contribution in [0, 0.1) is 0 Å². The van der Waals surface area contributed by atoms with Crippen molar-refractivity contribution >= 4 is 17.5 Å². The molecule has 2 saturated heterocycles. The van der Waals surface area contributed by atoms with Gasteiger partial charge >= 0.3 is 0 Å². The van der Waals surface area contributed by atoms with Crippen molar-refractivity contribution in [1.29, 1.82) is 0 Å². The van der Waals surface area contributed by atoms with E-state index in [-0.39, 0.29) is 11.8 Å². The lowest BCUT2D eigenvalue weighted by atomic mass is 10.0. The van der Waals surface area contributed by atoms with Crippen LogP contribution in [0.5, 0.6) is 0 Å². The number of nitrogens with one attached hydrogen (secondary N) is 1. The van der Waals surface area contributed by atoms with Gasteiger partial charge in [0.05, 0.1) is 26.3 Å². The minimum atomic E-state index is 0.00311. The number of benzene rings is 2. The van der Waals surface area contributed by atoms with Gasteiger partial charge in [0.15, 0.2) is 0 Å². The Bertz CT molecular complexity index is 891. The molecular formula is C25H32N4O3. The standard InChI is InChI=1S/C25H32N4O3/c30-24(26-23-9-5-4-8-22(23)18-21-6-2-1-3-7-21)19-27-10-12-28(13-11-27)20-25(31)29-14-16-32-17-15-29/h1-9H,10-20H2,(H,26,30).